The molecule has 178 valence electrons. The quantitative estimate of drug-likeness (QED) is 0.570. The van der Waals surface area contributed by atoms with Crippen LogP contribution in [0.2, 0.25) is 0 Å². The molecule has 0 N–H and O–H groups in total. The van der Waals surface area contributed by atoms with Crippen LogP contribution in [0, 0.1) is 13.8 Å². The minimum absolute atomic E-state index is 0.00216. The molecule has 2 fully saturated rings. The Morgan fingerprint density at radius 1 is 0.794 bits per heavy atom. The number of aromatic nitrogens is 5. The Labute approximate surface area is 196 Å². The highest BCUT2D eigenvalue weighted by Crippen LogP contribution is 2.28. The maximum Gasteiger partial charge on any atom is 0.272 e. The van der Waals surface area contributed by atoms with Gasteiger partial charge in [-0.2, -0.15) is 9.97 Å². The maximum atomic E-state index is 13.2. The van der Waals surface area contributed by atoms with Crippen molar-refractivity contribution in [2.24, 2.45) is 0 Å². The van der Waals surface area contributed by atoms with Gasteiger partial charge in [-0.05, 0) is 51.7 Å². The number of rotatable bonds is 4. The molecule has 3 aromatic heterocycles. The molecule has 0 radical (unpaired) electrons. The molecule has 5 rings (SSSR count). The monoisotopic (exact) mass is 465 g/mol. The fourth-order valence-corrected chi connectivity index (χ4v) is 4.68. The minimum atomic E-state index is -0.201. The molecule has 34 heavy (non-hydrogen) atoms. The first-order valence-electron chi connectivity index (χ1n) is 11.6. The first-order chi connectivity index (χ1) is 16.5. The molecule has 11 heteroatoms. The van der Waals surface area contributed by atoms with Gasteiger partial charge in [0.2, 0.25) is 11.8 Å². The van der Waals surface area contributed by atoms with Crippen LogP contribution in [0.5, 0.6) is 0 Å². The van der Waals surface area contributed by atoms with Crippen molar-refractivity contribution in [3.8, 4) is 0 Å². The van der Waals surface area contributed by atoms with Crippen molar-refractivity contribution in [3.63, 3.8) is 0 Å². The molecule has 0 bridgehead atoms. The molecule has 11 nitrogen and oxygen atoms in total. The fourth-order valence-electron chi connectivity index (χ4n) is 4.68. The smallest absolute Gasteiger partial charge is 0.272 e. The highest BCUT2D eigenvalue weighted by molar-refractivity contribution is 5.96. The van der Waals surface area contributed by atoms with Crippen molar-refractivity contribution < 1.29 is 18.6 Å². The Balaban J connectivity index is 1.28. The van der Waals surface area contributed by atoms with Crippen LogP contribution < -0.4 is 0 Å². The number of aryl methyl sites for hydroxylation is 2. The van der Waals surface area contributed by atoms with E-state index in [2.05, 4.69) is 25.3 Å². The van der Waals surface area contributed by atoms with Gasteiger partial charge in [-0.15, -0.1) is 0 Å². The average molecular weight is 466 g/mol. The normalized spacial score (nSPS) is 21.0. The lowest BCUT2D eigenvalue weighted by molar-refractivity contribution is 0.0682. The second-order valence-electron chi connectivity index (χ2n) is 8.95. The molecule has 2 aliphatic heterocycles. The van der Waals surface area contributed by atoms with Crippen molar-refractivity contribution in [1.82, 2.24) is 35.1 Å². The molecule has 2 unspecified atom stereocenters. The van der Waals surface area contributed by atoms with E-state index < -0.39 is 0 Å². The van der Waals surface area contributed by atoms with Gasteiger partial charge in [0.05, 0.1) is 11.8 Å². The van der Waals surface area contributed by atoms with Crippen LogP contribution in [0.15, 0.2) is 27.2 Å². The summed E-state index contributed by atoms with van der Waals surface area (Å²) in [5.41, 5.74) is 0.517. The first kappa shape index (κ1) is 22.2. The third kappa shape index (κ3) is 4.55. The lowest BCUT2D eigenvalue weighted by Crippen LogP contribution is -2.41. The molecule has 0 saturated carbocycles. The van der Waals surface area contributed by atoms with Crippen molar-refractivity contribution >= 4 is 11.8 Å². The minimum Gasteiger partial charge on any atom is -0.339 e. The molecule has 5 heterocycles. The first-order valence-corrected chi connectivity index (χ1v) is 11.6. The maximum absolute atomic E-state index is 13.2. The van der Waals surface area contributed by atoms with Crippen molar-refractivity contribution in [1.29, 1.82) is 0 Å². The Morgan fingerprint density at radius 3 is 1.68 bits per heavy atom. The van der Waals surface area contributed by atoms with E-state index in [1.165, 1.54) is 0 Å². The summed E-state index contributed by atoms with van der Waals surface area (Å²) in [6.45, 7) is 5.77. The number of carbonyl (C=O) groups is 2. The van der Waals surface area contributed by atoms with E-state index in [-0.39, 0.29) is 35.0 Å². The molecule has 2 atom stereocenters. The third-order valence-electron chi connectivity index (χ3n) is 6.39. The molecule has 3 aromatic rings. The standard InChI is InChI=1S/C23H27N7O4/c1-14-24-20(33-27-14)16-6-4-10-29(12-16)22(31)18-8-3-9-19(26-18)23(32)30-11-5-7-17(13-30)21-25-15(2)28-34-21/h3,8-9,16-17H,4-7,10-13H2,1-2H3. The van der Waals surface area contributed by atoms with Crippen LogP contribution in [-0.2, 0) is 0 Å². The Hall–Kier alpha value is -3.63. The summed E-state index contributed by atoms with van der Waals surface area (Å²) in [6, 6.07) is 5.01. The molecule has 0 spiro atoms. The summed E-state index contributed by atoms with van der Waals surface area (Å²) in [6.07, 6.45) is 3.43. The van der Waals surface area contributed by atoms with Crippen molar-refractivity contribution in [2.75, 3.05) is 26.2 Å². The van der Waals surface area contributed by atoms with E-state index in [1.54, 1.807) is 41.8 Å². The number of likely N-dealkylation sites (tertiary alicyclic amines) is 2. The van der Waals surface area contributed by atoms with Gasteiger partial charge >= 0.3 is 0 Å². The van der Waals surface area contributed by atoms with Crippen LogP contribution in [0.3, 0.4) is 0 Å². The molecule has 2 amide bonds. The van der Waals surface area contributed by atoms with Crippen LogP contribution >= 0.6 is 0 Å². The zero-order chi connectivity index (χ0) is 23.7. The van der Waals surface area contributed by atoms with E-state index in [9.17, 15) is 9.59 Å². The number of piperidine rings is 2. The van der Waals surface area contributed by atoms with Crippen LogP contribution in [0.1, 0.15) is 81.9 Å². The van der Waals surface area contributed by atoms with Crippen molar-refractivity contribution in [3.05, 3.63) is 53.0 Å². The second kappa shape index (κ2) is 9.32. The SMILES string of the molecule is Cc1noc(C2CCCN(C(=O)c3cccc(C(=O)N4CCCC(c5nc(C)no5)C4)n3)C2)n1. The van der Waals surface area contributed by atoms with Gasteiger partial charge in [0.1, 0.15) is 11.4 Å². The molecule has 0 aliphatic carbocycles. The summed E-state index contributed by atoms with van der Waals surface area (Å²) >= 11 is 0. The molecular formula is C23H27N7O4. The third-order valence-corrected chi connectivity index (χ3v) is 6.39. The van der Waals surface area contributed by atoms with Gasteiger partial charge in [-0.1, -0.05) is 16.4 Å². The highest BCUT2D eigenvalue weighted by atomic mass is 16.5. The number of nitrogens with zero attached hydrogens (tertiary/aromatic N) is 7. The predicted molar refractivity (Wildman–Crippen MR) is 118 cm³/mol. The summed E-state index contributed by atoms with van der Waals surface area (Å²) in [4.78, 5) is 43.0. The van der Waals surface area contributed by atoms with Crippen molar-refractivity contribution in [2.45, 2.75) is 51.4 Å². The lowest BCUT2D eigenvalue weighted by Gasteiger charge is -2.31. The Bertz CT molecular complexity index is 1100. The predicted octanol–water partition coefficient (Wildman–Crippen LogP) is 2.50. The van der Waals surface area contributed by atoms with Gasteiger partial charge < -0.3 is 18.8 Å². The van der Waals surface area contributed by atoms with Gasteiger partial charge in [0.25, 0.3) is 11.8 Å². The summed E-state index contributed by atoms with van der Waals surface area (Å²) in [5.74, 6) is 1.89. The van der Waals surface area contributed by atoms with Crippen LogP contribution in [0.4, 0.5) is 0 Å². The largest absolute Gasteiger partial charge is 0.339 e. The fraction of sp³-hybridized carbons (Fsp3) is 0.522. The highest BCUT2D eigenvalue weighted by Gasteiger charge is 2.31. The zero-order valence-electron chi connectivity index (χ0n) is 19.3. The second-order valence-corrected chi connectivity index (χ2v) is 8.95. The topological polar surface area (TPSA) is 131 Å². The molecular weight excluding hydrogens is 438 g/mol. The number of amides is 2. The lowest BCUT2D eigenvalue weighted by atomic mass is 9.97. The van der Waals surface area contributed by atoms with Gasteiger partial charge in [0.15, 0.2) is 11.6 Å². The van der Waals surface area contributed by atoms with E-state index in [4.69, 9.17) is 9.05 Å². The van der Waals surface area contributed by atoms with E-state index >= 15 is 0 Å². The van der Waals surface area contributed by atoms with Gasteiger partial charge in [-0.3, -0.25) is 9.59 Å². The van der Waals surface area contributed by atoms with Crippen LogP contribution in [-0.4, -0.2) is 73.1 Å². The summed E-state index contributed by atoms with van der Waals surface area (Å²) < 4.78 is 10.6. The number of hydrogen-bond acceptors (Lipinski definition) is 9. The average Bonchev–Trinajstić information content (AvgIpc) is 3.51. The number of pyridine rings is 1. The Morgan fingerprint density at radius 2 is 1.26 bits per heavy atom. The number of carbonyl (C=O) groups excluding carboxylic acids is 2. The van der Waals surface area contributed by atoms with E-state index in [1.807, 2.05) is 0 Å². The zero-order valence-corrected chi connectivity index (χ0v) is 19.3. The summed E-state index contributed by atoms with van der Waals surface area (Å²) in [5, 5.41) is 7.73. The van der Waals surface area contributed by atoms with Gasteiger partial charge in [-0.25, -0.2) is 4.98 Å². The van der Waals surface area contributed by atoms with Gasteiger partial charge in [0, 0.05) is 26.2 Å². The van der Waals surface area contributed by atoms with Crippen LogP contribution in [0.25, 0.3) is 0 Å². The summed E-state index contributed by atoms with van der Waals surface area (Å²) in [7, 11) is 0. The molecule has 2 saturated heterocycles. The molecule has 2 aliphatic rings. The number of hydrogen-bond donors (Lipinski definition) is 0. The van der Waals surface area contributed by atoms with E-state index in [0.717, 1.165) is 25.7 Å². The Kier molecular flexibility index (Phi) is 6.08. The van der Waals surface area contributed by atoms with E-state index in [0.29, 0.717) is 49.6 Å². The molecule has 0 aromatic carbocycles.